The van der Waals surface area contributed by atoms with Gasteiger partial charge in [-0.25, -0.2) is 0 Å². The van der Waals surface area contributed by atoms with Gasteiger partial charge in [-0.3, -0.25) is 4.79 Å². The predicted octanol–water partition coefficient (Wildman–Crippen LogP) is 3.22. The minimum atomic E-state index is -0.101. The van der Waals surface area contributed by atoms with Gasteiger partial charge in [-0.1, -0.05) is 0 Å². The van der Waals surface area contributed by atoms with E-state index in [9.17, 15) is 4.79 Å². The van der Waals surface area contributed by atoms with E-state index in [1.807, 2.05) is 13.8 Å². The molecule has 88 valence electrons. The van der Waals surface area contributed by atoms with Crippen LogP contribution in [0.2, 0.25) is 0 Å². The second-order valence-electron chi connectivity index (χ2n) is 3.72. The lowest BCUT2D eigenvalue weighted by Gasteiger charge is -2.03. The summed E-state index contributed by atoms with van der Waals surface area (Å²) in [6.07, 6.45) is 1.52. The molecule has 3 nitrogen and oxygen atoms in total. The van der Waals surface area contributed by atoms with Gasteiger partial charge in [0.25, 0.3) is 0 Å². The Morgan fingerprint density at radius 3 is 2.47 bits per heavy atom. The fraction of sp³-hybridized carbons (Fsp3) is 0.214. The molecule has 0 aliphatic rings. The molecule has 2 rings (SSSR count). The van der Waals surface area contributed by atoms with E-state index in [1.54, 1.807) is 30.3 Å². The number of carbonyl (C=O) groups is 1. The van der Waals surface area contributed by atoms with Crippen LogP contribution in [0.3, 0.4) is 0 Å². The van der Waals surface area contributed by atoms with E-state index in [4.69, 9.17) is 9.15 Å². The lowest BCUT2D eigenvalue weighted by Crippen LogP contribution is -2.01. The summed E-state index contributed by atoms with van der Waals surface area (Å²) in [4.78, 5) is 12.1. The van der Waals surface area contributed by atoms with Gasteiger partial charge in [0.1, 0.15) is 5.75 Å². The molecule has 1 aromatic heterocycles. The van der Waals surface area contributed by atoms with E-state index in [2.05, 4.69) is 0 Å². The summed E-state index contributed by atoms with van der Waals surface area (Å²) in [5, 5.41) is 0. The van der Waals surface area contributed by atoms with Crippen molar-refractivity contribution in [2.75, 3.05) is 6.61 Å². The highest BCUT2D eigenvalue weighted by Gasteiger charge is 2.14. The molecule has 0 bridgehead atoms. The number of furan rings is 1. The summed E-state index contributed by atoms with van der Waals surface area (Å²) < 4.78 is 10.5. The van der Waals surface area contributed by atoms with Crippen LogP contribution in [0.1, 0.15) is 28.6 Å². The molecule has 0 N–H and O–H groups in total. The smallest absolute Gasteiger partial charge is 0.228 e. The number of ether oxygens (including phenoxy) is 1. The number of hydrogen-bond donors (Lipinski definition) is 0. The van der Waals surface area contributed by atoms with Crippen LogP contribution in [0.25, 0.3) is 0 Å². The first kappa shape index (κ1) is 11.5. The molecule has 0 saturated heterocycles. The molecule has 1 aromatic carbocycles. The molecule has 0 fully saturated rings. The SMILES string of the molecule is CCOc1ccc(C(=O)c2occc2C)cc1. The van der Waals surface area contributed by atoms with Crippen LogP contribution in [0.4, 0.5) is 0 Å². The van der Waals surface area contributed by atoms with E-state index in [0.29, 0.717) is 17.9 Å². The summed E-state index contributed by atoms with van der Waals surface area (Å²) in [7, 11) is 0. The highest BCUT2D eigenvalue weighted by atomic mass is 16.5. The minimum absolute atomic E-state index is 0.101. The lowest BCUT2D eigenvalue weighted by atomic mass is 10.1. The summed E-state index contributed by atoms with van der Waals surface area (Å²) >= 11 is 0. The molecule has 0 unspecified atom stereocenters. The van der Waals surface area contributed by atoms with E-state index < -0.39 is 0 Å². The van der Waals surface area contributed by atoms with Gasteiger partial charge in [0.15, 0.2) is 5.76 Å². The largest absolute Gasteiger partial charge is 0.494 e. The molecule has 1 heterocycles. The topological polar surface area (TPSA) is 39.4 Å². The predicted molar refractivity (Wildman–Crippen MR) is 64.5 cm³/mol. The molecule has 0 aliphatic heterocycles. The number of benzene rings is 1. The number of ketones is 1. The van der Waals surface area contributed by atoms with Crippen LogP contribution >= 0.6 is 0 Å². The Morgan fingerprint density at radius 1 is 1.24 bits per heavy atom. The third-order valence-electron chi connectivity index (χ3n) is 2.50. The van der Waals surface area contributed by atoms with Crippen molar-refractivity contribution < 1.29 is 13.9 Å². The van der Waals surface area contributed by atoms with Crippen molar-refractivity contribution in [3.8, 4) is 5.75 Å². The average Bonchev–Trinajstić information content (AvgIpc) is 2.76. The Hall–Kier alpha value is -2.03. The Kier molecular flexibility index (Phi) is 3.28. The molecule has 0 amide bonds. The molecular weight excluding hydrogens is 216 g/mol. The van der Waals surface area contributed by atoms with Crippen molar-refractivity contribution in [3.05, 3.63) is 53.5 Å². The van der Waals surface area contributed by atoms with Crippen molar-refractivity contribution in [1.82, 2.24) is 0 Å². The highest BCUT2D eigenvalue weighted by molar-refractivity contribution is 6.07. The Bertz CT molecular complexity index is 509. The number of aryl methyl sites for hydroxylation is 1. The third-order valence-corrected chi connectivity index (χ3v) is 2.50. The molecule has 2 aromatic rings. The number of carbonyl (C=O) groups excluding carboxylic acids is 1. The average molecular weight is 230 g/mol. The zero-order valence-corrected chi connectivity index (χ0v) is 9.90. The standard InChI is InChI=1S/C14H14O3/c1-3-16-12-6-4-11(5-7-12)13(15)14-10(2)8-9-17-14/h4-9H,3H2,1-2H3. The van der Waals surface area contributed by atoms with Crippen molar-refractivity contribution >= 4 is 5.78 Å². The highest BCUT2D eigenvalue weighted by Crippen LogP contribution is 2.18. The summed E-state index contributed by atoms with van der Waals surface area (Å²) in [5.74, 6) is 1.06. The van der Waals surface area contributed by atoms with Crippen LogP contribution < -0.4 is 4.74 Å². The first-order chi connectivity index (χ1) is 8.22. The van der Waals surface area contributed by atoms with Gasteiger partial charge in [-0.2, -0.15) is 0 Å². The van der Waals surface area contributed by atoms with E-state index >= 15 is 0 Å². The summed E-state index contributed by atoms with van der Waals surface area (Å²) in [6, 6.07) is 8.84. The molecule has 17 heavy (non-hydrogen) atoms. The van der Waals surface area contributed by atoms with E-state index in [-0.39, 0.29) is 5.78 Å². The molecule has 0 atom stereocenters. The van der Waals surface area contributed by atoms with Crippen LogP contribution in [-0.4, -0.2) is 12.4 Å². The monoisotopic (exact) mass is 230 g/mol. The van der Waals surface area contributed by atoms with Crippen LogP contribution in [0.5, 0.6) is 5.75 Å². The Balaban J connectivity index is 2.23. The fourth-order valence-corrected chi connectivity index (χ4v) is 1.61. The molecule has 0 aliphatic carbocycles. The number of hydrogen-bond acceptors (Lipinski definition) is 3. The Morgan fingerprint density at radius 2 is 1.94 bits per heavy atom. The zero-order valence-electron chi connectivity index (χ0n) is 9.90. The number of rotatable bonds is 4. The van der Waals surface area contributed by atoms with Gasteiger partial charge in [-0.15, -0.1) is 0 Å². The molecule has 0 spiro atoms. The Labute approximate surface area is 100 Å². The minimum Gasteiger partial charge on any atom is -0.494 e. The van der Waals surface area contributed by atoms with Crippen molar-refractivity contribution in [1.29, 1.82) is 0 Å². The summed E-state index contributed by atoms with van der Waals surface area (Å²) in [5.41, 5.74) is 1.45. The maximum Gasteiger partial charge on any atom is 0.228 e. The van der Waals surface area contributed by atoms with Crippen molar-refractivity contribution in [2.24, 2.45) is 0 Å². The van der Waals surface area contributed by atoms with E-state index in [0.717, 1.165) is 11.3 Å². The quantitative estimate of drug-likeness (QED) is 0.757. The fourth-order valence-electron chi connectivity index (χ4n) is 1.61. The van der Waals surface area contributed by atoms with E-state index in [1.165, 1.54) is 6.26 Å². The second kappa shape index (κ2) is 4.87. The van der Waals surface area contributed by atoms with Crippen LogP contribution in [-0.2, 0) is 0 Å². The normalized spacial score (nSPS) is 10.2. The van der Waals surface area contributed by atoms with Crippen molar-refractivity contribution in [2.45, 2.75) is 13.8 Å². The zero-order chi connectivity index (χ0) is 12.3. The maximum absolute atomic E-state index is 12.1. The lowest BCUT2D eigenvalue weighted by molar-refractivity contribution is 0.101. The van der Waals surface area contributed by atoms with Gasteiger partial charge in [0.2, 0.25) is 5.78 Å². The van der Waals surface area contributed by atoms with Gasteiger partial charge in [0, 0.05) is 5.56 Å². The van der Waals surface area contributed by atoms with Gasteiger partial charge in [0.05, 0.1) is 12.9 Å². The van der Waals surface area contributed by atoms with Gasteiger partial charge < -0.3 is 9.15 Å². The first-order valence-corrected chi connectivity index (χ1v) is 5.54. The van der Waals surface area contributed by atoms with Gasteiger partial charge in [-0.05, 0) is 49.7 Å². The molecular formula is C14H14O3. The third kappa shape index (κ3) is 2.38. The van der Waals surface area contributed by atoms with Crippen molar-refractivity contribution in [3.63, 3.8) is 0 Å². The first-order valence-electron chi connectivity index (χ1n) is 5.54. The van der Waals surface area contributed by atoms with Gasteiger partial charge >= 0.3 is 0 Å². The molecule has 0 radical (unpaired) electrons. The molecule has 3 heteroatoms. The molecule has 0 saturated carbocycles. The summed E-state index contributed by atoms with van der Waals surface area (Å²) in [6.45, 7) is 4.39. The van der Waals surface area contributed by atoms with Crippen LogP contribution in [0.15, 0.2) is 41.0 Å². The van der Waals surface area contributed by atoms with Crippen LogP contribution in [0, 0.1) is 6.92 Å². The maximum atomic E-state index is 12.1. The second-order valence-corrected chi connectivity index (χ2v) is 3.72.